The second-order valence-electron chi connectivity index (χ2n) is 15.0. The number of rotatable bonds is 8. The molecule has 2 aliphatic heterocycles. The maximum absolute atomic E-state index is 13.1. The largest absolute Gasteiger partial charge is 0.495 e. The first-order valence-electron chi connectivity index (χ1n) is 19.3. The summed E-state index contributed by atoms with van der Waals surface area (Å²) in [5, 5.41) is 18.6. The van der Waals surface area contributed by atoms with Gasteiger partial charge in [0.25, 0.3) is 0 Å². The van der Waals surface area contributed by atoms with Crippen molar-refractivity contribution in [3.8, 4) is 11.5 Å². The van der Waals surface area contributed by atoms with Gasteiger partial charge in [-0.2, -0.15) is 36.5 Å². The second kappa shape index (κ2) is 22.3. The Labute approximate surface area is 388 Å². The van der Waals surface area contributed by atoms with Gasteiger partial charge in [0.2, 0.25) is 5.91 Å². The van der Waals surface area contributed by atoms with Gasteiger partial charge in [-0.15, -0.1) is 0 Å². The third-order valence-corrected chi connectivity index (χ3v) is 11.9. The summed E-state index contributed by atoms with van der Waals surface area (Å²) in [6, 6.07) is 12.2. The van der Waals surface area contributed by atoms with Crippen molar-refractivity contribution in [2.45, 2.75) is 98.6 Å². The van der Waals surface area contributed by atoms with E-state index in [0.717, 1.165) is 29.2 Å². The highest BCUT2D eigenvalue weighted by Gasteiger charge is 2.40. The molecule has 0 aliphatic carbocycles. The van der Waals surface area contributed by atoms with Gasteiger partial charge in [0.15, 0.2) is 11.4 Å². The van der Waals surface area contributed by atoms with Crippen molar-refractivity contribution in [2.24, 2.45) is 0 Å². The number of hydrogen-bond acceptors (Lipinski definition) is 9. The molecule has 2 aliphatic rings. The van der Waals surface area contributed by atoms with Crippen LogP contribution < -0.4 is 24.6 Å². The summed E-state index contributed by atoms with van der Waals surface area (Å²) in [6.07, 6.45) is -9.35. The Hall–Kier alpha value is -4.30. The Morgan fingerprint density at radius 1 is 0.719 bits per heavy atom. The van der Waals surface area contributed by atoms with E-state index in [2.05, 4.69) is 45.2 Å². The highest BCUT2D eigenvalue weighted by atomic mass is 35.5. The number of carboxylic acid groups (broad SMARTS) is 1. The van der Waals surface area contributed by atoms with Crippen LogP contribution in [-0.2, 0) is 35.0 Å². The van der Waals surface area contributed by atoms with Gasteiger partial charge in [0, 0.05) is 73.9 Å². The first-order chi connectivity index (χ1) is 29.3. The van der Waals surface area contributed by atoms with Crippen molar-refractivity contribution in [2.75, 3.05) is 50.2 Å². The van der Waals surface area contributed by atoms with E-state index in [4.69, 9.17) is 61.0 Å². The van der Waals surface area contributed by atoms with Crippen molar-refractivity contribution >= 4 is 69.7 Å². The number of amides is 1. The van der Waals surface area contributed by atoms with Crippen LogP contribution in [0.4, 0.5) is 37.7 Å². The molecule has 0 saturated carbocycles. The van der Waals surface area contributed by atoms with Crippen LogP contribution in [0.15, 0.2) is 36.4 Å². The number of halogens is 10. The number of carbonyl (C=O) groups is 2. The fraction of sp³-hybridized carbons (Fsp3) is 0.512. The number of carboxylic acids is 1. The van der Waals surface area contributed by atoms with Crippen molar-refractivity contribution in [1.82, 2.24) is 29.8 Å². The SMILES string of the molecule is C.COc1cc(N2C[C@H](C)N(C(=O)Cn3nc(C(F)(F)F)c(Cl)c3C)C[C@H]2C)ccc1Cl.COc1cc(N2C[C@H](C)NC[C@H]2C)ccc1Cl.Cc1c(Cl)c(C(F)(F)F)nn1CC(=O)O. The summed E-state index contributed by atoms with van der Waals surface area (Å²) in [7, 11) is 3.19. The Balaban J connectivity index is 0.000000279. The molecular formula is C41H52Cl4F6N8O5. The van der Waals surface area contributed by atoms with Crippen molar-refractivity contribution in [3.63, 3.8) is 0 Å². The van der Waals surface area contributed by atoms with Crippen LogP contribution in [-0.4, -0.2) is 106 Å². The number of methoxy groups -OCH3 is 2. The lowest BCUT2D eigenvalue weighted by Gasteiger charge is -2.45. The number of alkyl halides is 6. The third-order valence-electron chi connectivity index (χ3n) is 10.4. The number of aliphatic carboxylic acids is 1. The van der Waals surface area contributed by atoms with Crippen LogP contribution in [0.25, 0.3) is 0 Å². The fourth-order valence-corrected chi connectivity index (χ4v) is 7.81. The molecule has 4 heterocycles. The summed E-state index contributed by atoms with van der Waals surface area (Å²) in [5.74, 6) is -0.304. The standard InChI is InChI=1S/C20H23Cl2F3N4O2.C13H19ClN2O.C7H6ClF3N2O2.CH4/c1-11-9-28(12(2)8-27(11)14-5-6-15(21)16(7-14)31-4)17(30)10-29-13(3)18(22)19(26-29)20(23,24)25;1-9-8-16(10(2)7-15-9)11-4-5-12(14)13(6-11)17-3;1-3-5(8)6(7(9,10)11)12-13(3)2-4(14)15;/h5-7,11-12H,8-10H2,1-4H3;4-6,9-10,15H,7-8H2,1-3H3;2H2,1H3,(H,14,15);1H4/t11-,12+;9-,10+;;/m10../s1. The van der Waals surface area contributed by atoms with E-state index in [1.165, 1.54) is 19.5 Å². The minimum absolute atomic E-state index is 0. The molecule has 0 bridgehead atoms. The first-order valence-corrected chi connectivity index (χ1v) is 20.8. The quantitative estimate of drug-likeness (QED) is 0.165. The zero-order valence-electron chi connectivity index (χ0n) is 35.5. The average Bonchev–Trinajstić information content (AvgIpc) is 3.66. The van der Waals surface area contributed by atoms with Crippen LogP contribution >= 0.6 is 46.4 Å². The van der Waals surface area contributed by atoms with Crippen molar-refractivity contribution < 1.29 is 50.5 Å². The van der Waals surface area contributed by atoms with E-state index in [1.807, 2.05) is 38.1 Å². The summed E-state index contributed by atoms with van der Waals surface area (Å²) in [5.41, 5.74) is -0.268. The van der Waals surface area contributed by atoms with Crippen molar-refractivity contribution in [3.05, 3.63) is 79.3 Å². The number of nitrogens with one attached hydrogen (secondary N) is 1. The molecule has 0 spiro atoms. The van der Waals surface area contributed by atoms with Gasteiger partial charge >= 0.3 is 18.3 Å². The Morgan fingerprint density at radius 3 is 1.56 bits per heavy atom. The monoisotopic (exact) mass is 990 g/mol. The molecule has 6 rings (SSSR count). The van der Waals surface area contributed by atoms with E-state index in [9.17, 15) is 35.9 Å². The molecule has 2 aromatic carbocycles. The molecule has 2 aromatic heterocycles. The molecule has 2 fully saturated rings. The molecule has 64 heavy (non-hydrogen) atoms. The van der Waals surface area contributed by atoms with Gasteiger partial charge < -0.3 is 34.6 Å². The number of piperazine rings is 2. The van der Waals surface area contributed by atoms with E-state index >= 15 is 0 Å². The van der Waals surface area contributed by atoms with Gasteiger partial charge in [0.1, 0.15) is 24.6 Å². The Morgan fingerprint density at radius 2 is 1.16 bits per heavy atom. The van der Waals surface area contributed by atoms with Crippen LogP contribution in [0.5, 0.6) is 11.5 Å². The lowest BCUT2D eigenvalue weighted by Crippen LogP contribution is -2.58. The van der Waals surface area contributed by atoms with E-state index in [1.54, 1.807) is 25.2 Å². The Bertz CT molecular complexity index is 2240. The molecule has 0 radical (unpaired) electrons. The number of carbonyl (C=O) groups excluding carboxylic acids is 1. The number of aromatic nitrogens is 4. The topological polar surface area (TPSA) is 130 Å². The van der Waals surface area contributed by atoms with E-state index < -0.39 is 46.3 Å². The minimum Gasteiger partial charge on any atom is -0.495 e. The van der Waals surface area contributed by atoms with Gasteiger partial charge in [-0.25, -0.2) is 0 Å². The number of ether oxygens (including phenoxy) is 2. The highest BCUT2D eigenvalue weighted by Crippen LogP contribution is 2.37. The molecule has 4 aromatic rings. The van der Waals surface area contributed by atoms with Gasteiger partial charge in [-0.3, -0.25) is 19.0 Å². The fourth-order valence-electron chi connectivity index (χ4n) is 6.94. The van der Waals surface area contributed by atoms with E-state index in [-0.39, 0.29) is 43.4 Å². The zero-order valence-corrected chi connectivity index (χ0v) is 38.5. The average molecular weight is 993 g/mol. The summed E-state index contributed by atoms with van der Waals surface area (Å²) >= 11 is 23.3. The number of benzene rings is 2. The van der Waals surface area contributed by atoms with E-state index in [0.29, 0.717) is 45.6 Å². The van der Waals surface area contributed by atoms with Crippen LogP contribution in [0.2, 0.25) is 20.1 Å². The molecule has 2 N–H and O–H groups in total. The summed E-state index contributed by atoms with van der Waals surface area (Å²) < 4.78 is 88.2. The molecule has 0 unspecified atom stereocenters. The summed E-state index contributed by atoms with van der Waals surface area (Å²) in [6.45, 7) is 13.0. The molecule has 13 nitrogen and oxygen atoms in total. The number of nitrogens with zero attached hydrogens (tertiary/aromatic N) is 7. The molecule has 4 atom stereocenters. The molecule has 23 heteroatoms. The minimum atomic E-state index is -4.68. The Kier molecular flexibility index (Phi) is 18.8. The van der Waals surface area contributed by atoms with Gasteiger partial charge in [-0.1, -0.05) is 53.8 Å². The van der Waals surface area contributed by atoms with Crippen molar-refractivity contribution in [1.29, 1.82) is 0 Å². The normalized spacial score (nSPS) is 18.9. The predicted molar refractivity (Wildman–Crippen MR) is 237 cm³/mol. The predicted octanol–water partition coefficient (Wildman–Crippen LogP) is 9.77. The maximum Gasteiger partial charge on any atom is 0.436 e. The maximum atomic E-state index is 13.1. The van der Waals surface area contributed by atoms with Crippen LogP contribution in [0.3, 0.4) is 0 Å². The van der Waals surface area contributed by atoms with Crippen LogP contribution in [0.1, 0.15) is 57.9 Å². The van der Waals surface area contributed by atoms with Gasteiger partial charge in [-0.05, 0) is 65.8 Å². The van der Waals surface area contributed by atoms with Crippen LogP contribution in [0, 0.1) is 13.8 Å². The molecular weight excluding hydrogens is 940 g/mol. The number of anilines is 2. The molecule has 2 saturated heterocycles. The third kappa shape index (κ3) is 13.2. The summed E-state index contributed by atoms with van der Waals surface area (Å²) in [4.78, 5) is 29.4. The first kappa shape index (κ1) is 54.0. The number of hydrogen-bond donors (Lipinski definition) is 2. The highest BCUT2D eigenvalue weighted by molar-refractivity contribution is 6.33. The molecule has 356 valence electrons. The smallest absolute Gasteiger partial charge is 0.436 e. The lowest BCUT2D eigenvalue weighted by molar-refractivity contribution is -0.143. The molecule has 1 amide bonds. The van der Waals surface area contributed by atoms with Gasteiger partial charge in [0.05, 0.1) is 45.7 Å². The lowest BCUT2D eigenvalue weighted by atomic mass is 10.1. The zero-order chi connectivity index (χ0) is 47.3. The second-order valence-corrected chi connectivity index (χ2v) is 16.6.